The Morgan fingerprint density at radius 2 is 0.813 bits per heavy atom. The number of hydrogen-bond donors (Lipinski definition) is 0. The van der Waals surface area contributed by atoms with Crippen molar-refractivity contribution in [3.05, 3.63) is 308 Å². The summed E-state index contributed by atoms with van der Waals surface area (Å²) in [5.74, 6) is 0. The van der Waals surface area contributed by atoms with Crippen LogP contribution in [0.5, 0.6) is 0 Å². The van der Waals surface area contributed by atoms with E-state index in [1.165, 1.54) is 77.4 Å². The largest absolute Gasteiger partial charge is 0.310 e. The van der Waals surface area contributed by atoms with E-state index in [0.717, 1.165) is 56.3 Å². The Kier molecular flexibility index (Phi) is 9.79. The van der Waals surface area contributed by atoms with Crippen LogP contribution in [0.4, 0.5) is 17.1 Å². The summed E-state index contributed by atoms with van der Waals surface area (Å²) >= 11 is 0. The van der Waals surface area contributed by atoms with Gasteiger partial charge in [-0.05, 0) is 157 Å². The molecular formula is C72H47N3. The summed E-state index contributed by atoms with van der Waals surface area (Å²) in [6.45, 7) is 0. The van der Waals surface area contributed by atoms with Gasteiger partial charge < -0.3 is 9.47 Å². The number of rotatable bonds is 8. The summed E-state index contributed by atoms with van der Waals surface area (Å²) in [7, 11) is 0. The van der Waals surface area contributed by atoms with Gasteiger partial charge in [-0.1, -0.05) is 200 Å². The Hall–Kier alpha value is -9.83. The lowest BCUT2D eigenvalue weighted by molar-refractivity contribution is 0.793. The van der Waals surface area contributed by atoms with E-state index in [1.807, 2.05) is 12.3 Å². The van der Waals surface area contributed by atoms with Gasteiger partial charge in [0, 0.05) is 45.3 Å². The lowest BCUT2D eigenvalue weighted by Gasteiger charge is -2.32. The van der Waals surface area contributed by atoms with Gasteiger partial charge in [0.15, 0.2) is 0 Å². The highest BCUT2D eigenvalue weighted by Gasteiger charge is 2.51. The molecule has 3 heteroatoms. The minimum absolute atomic E-state index is 0.495. The number of pyridine rings is 1. The number of fused-ring (bicyclic) bond motifs is 13. The fourth-order valence-corrected chi connectivity index (χ4v) is 12.7. The van der Waals surface area contributed by atoms with E-state index in [0.29, 0.717) is 0 Å². The fraction of sp³-hybridized carbons (Fsp3) is 0.0139. The number of aromatic nitrogens is 2. The molecule has 0 aliphatic heterocycles. The van der Waals surface area contributed by atoms with Gasteiger partial charge in [0.05, 0.1) is 22.1 Å². The Labute approximate surface area is 436 Å². The van der Waals surface area contributed by atoms with Gasteiger partial charge in [0.25, 0.3) is 0 Å². The Bertz CT molecular complexity index is 4280. The number of hydrogen-bond acceptors (Lipinski definition) is 2. The number of para-hydroxylation sites is 2. The van der Waals surface area contributed by atoms with Gasteiger partial charge in [-0.25, -0.2) is 0 Å². The van der Waals surface area contributed by atoms with Crippen molar-refractivity contribution in [2.24, 2.45) is 0 Å². The number of nitrogens with zero attached hydrogens (tertiary/aromatic N) is 3. The molecule has 0 saturated carbocycles. The quantitative estimate of drug-likeness (QED) is 0.151. The van der Waals surface area contributed by atoms with Crippen molar-refractivity contribution in [1.29, 1.82) is 0 Å². The van der Waals surface area contributed by atoms with Crippen molar-refractivity contribution < 1.29 is 0 Å². The Morgan fingerprint density at radius 1 is 0.293 bits per heavy atom. The van der Waals surface area contributed by atoms with Crippen LogP contribution in [0.1, 0.15) is 22.3 Å². The van der Waals surface area contributed by atoms with Crippen molar-refractivity contribution in [3.8, 4) is 72.6 Å². The van der Waals surface area contributed by atoms with Crippen LogP contribution in [-0.4, -0.2) is 9.55 Å². The molecule has 2 aromatic heterocycles. The van der Waals surface area contributed by atoms with Crippen LogP contribution < -0.4 is 4.90 Å². The molecule has 0 atom stereocenters. The van der Waals surface area contributed by atoms with Crippen LogP contribution in [0.25, 0.3) is 94.4 Å². The summed E-state index contributed by atoms with van der Waals surface area (Å²) in [6.07, 6.45) is 1.89. The van der Waals surface area contributed by atoms with Crippen molar-refractivity contribution in [3.63, 3.8) is 0 Å². The number of anilines is 3. The molecule has 0 unspecified atom stereocenters. The first-order chi connectivity index (χ1) is 37.2. The van der Waals surface area contributed by atoms with Crippen LogP contribution >= 0.6 is 0 Å². The van der Waals surface area contributed by atoms with Crippen LogP contribution in [0.15, 0.2) is 285 Å². The maximum Gasteiger partial charge on any atom is 0.0726 e. The van der Waals surface area contributed by atoms with E-state index >= 15 is 0 Å². The van der Waals surface area contributed by atoms with Crippen molar-refractivity contribution >= 4 is 38.9 Å². The molecule has 0 amide bonds. The van der Waals surface area contributed by atoms with Gasteiger partial charge in [-0.15, -0.1) is 0 Å². The molecular weight excluding hydrogens is 907 g/mol. The smallest absolute Gasteiger partial charge is 0.0726 e. The molecule has 0 radical (unpaired) electrons. The molecule has 2 aliphatic carbocycles. The van der Waals surface area contributed by atoms with Crippen molar-refractivity contribution in [2.45, 2.75) is 5.41 Å². The molecule has 13 aromatic rings. The first kappa shape index (κ1) is 42.8. The molecule has 2 aliphatic rings. The highest BCUT2D eigenvalue weighted by molar-refractivity contribution is 6.10. The molecule has 1 spiro atoms. The van der Waals surface area contributed by atoms with Gasteiger partial charge in [0.1, 0.15) is 0 Å². The Balaban J connectivity index is 0.961. The average molecular weight is 954 g/mol. The molecule has 350 valence electrons. The minimum atomic E-state index is -0.495. The van der Waals surface area contributed by atoms with Crippen LogP contribution in [-0.2, 0) is 5.41 Å². The molecule has 2 heterocycles. The summed E-state index contributed by atoms with van der Waals surface area (Å²) < 4.78 is 2.40. The summed E-state index contributed by atoms with van der Waals surface area (Å²) in [4.78, 5) is 7.45. The summed E-state index contributed by atoms with van der Waals surface area (Å²) in [5.41, 5.74) is 25.4. The third kappa shape index (κ3) is 6.65. The predicted molar refractivity (Wildman–Crippen MR) is 311 cm³/mol. The van der Waals surface area contributed by atoms with Gasteiger partial charge in [0.2, 0.25) is 0 Å². The highest BCUT2D eigenvalue weighted by atomic mass is 15.1. The summed E-state index contributed by atoms with van der Waals surface area (Å²) in [5, 5.41) is 2.47. The average Bonchev–Trinajstić information content (AvgIpc) is 4.13. The van der Waals surface area contributed by atoms with Crippen molar-refractivity contribution in [1.82, 2.24) is 9.55 Å². The zero-order valence-electron chi connectivity index (χ0n) is 41.0. The second kappa shape index (κ2) is 17.2. The molecule has 3 nitrogen and oxygen atoms in total. The lowest BCUT2D eigenvalue weighted by Crippen LogP contribution is -2.26. The van der Waals surface area contributed by atoms with E-state index in [2.05, 4.69) is 282 Å². The third-order valence-electron chi connectivity index (χ3n) is 15.8. The standard InChI is InChI=1S/C72H47N3/c1-3-19-48(20-4-1)49-34-37-54(38-35-49)74(55-39-41-62-61-27-11-15-31-67(61)72(68(62)47-55)65-29-13-9-25-59(65)60-26-10-14-30-66(60)72)56-44-51(43-52(45-56)69-32-17-18-42-73-69)58-24-8-7-23-57(58)50-36-40-64-63-28-12-16-33-70(63)75(71(64)46-50)53-21-5-2-6-22-53/h1-47H. The fourth-order valence-electron chi connectivity index (χ4n) is 12.7. The van der Waals surface area contributed by atoms with Gasteiger partial charge >= 0.3 is 0 Å². The van der Waals surface area contributed by atoms with E-state index in [1.54, 1.807) is 0 Å². The monoisotopic (exact) mass is 953 g/mol. The molecule has 0 saturated heterocycles. The zero-order chi connectivity index (χ0) is 49.5. The first-order valence-electron chi connectivity index (χ1n) is 25.8. The topological polar surface area (TPSA) is 21.1 Å². The predicted octanol–water partition coefficient (Wildman–Crippen LogP) is 18.7. The minimum Gasteiger partial charge on any atom is -0.310 e. The molecule has 11 aromatic carbocycles. The molecule has 0 N–H and O–H groups in total. The van der Waals surface area contributed by atoms with Gasteiger partial charge in [-0.2, -0.15) is 0 Å². The van der Waals surface area contributed by atoms with E-state index < -0.39 is 5.41 Å². The second-order valence-electron chi connectivity index (χ2n) is 19.8. The van der Waals surface area contributed by atoms with Crippen LogP contribution in [0.3, 0.4) is 0 Å². The maximum absolute atomic E-state index is 4.99. The molecule has 75 heavy (non-hydrogen) atoms. The van der Waals surface area contributed by atoms with Crippen LogP contribution in [0, 0.1) is 0 Å². The third-order valence-corrected chi connectivity index (χ3v) is 15.8. The highest BCUT2D eigenvalue weighted by Crippen LogP contribution is 2.63. The summed E-state index contributed by atoms with van der Waals surface area (Å²) in [6, 6.07) is 103. The molecule has 0 bridgehead atoms. The van der Waals surface area contributed by atoms with Gasteiger partial charge in [-0.3, -0.25) is 4.98 Å². The first-order valence-corrected chi connectivity index (χ1v) is 25.8. The second-order valence-corrected chi connectivity index (χ2v) is 19.8. The normalized spacial score (nSPS) is 12.6. The van der Waals surface area contributed by atoms with Crippen molar-refractivity contribution in [2.75, 3.05) is 4.90 Å². The SMILES string of the molecule is c1ccc(-c2ccc(N(c3cc(-c4ccccn4)cc(-c4ccccc4-c4ccc5c6ccccc6n(-c6ccccc6)c5c4)c3)c3ccc4c(c3)C3(c5ccccc5-c5ccccc53)c3ccccc3-4)cc2)cc1. The maximum atomic E-state index is 4.99. The van der Waals surface area contributed by atoms with E-state index in [4.69, 9.17) is 4.98 Å². The zero-order valence-corrected chi connectivity index (χ0v) is 41.0. The number of benzene rings is 11. The molecule has 15 rings (SSSR count). The molecule has 0 fully saturated rings. The van der Waals surface area contributed by atoms with Crippen LogP contribution in [0.2, 0.25) is 0 Å². The lowest BCUT2D eigenvalue weighted by atomic mass is 9.70. The van der Waals surface area contributed by atoms with E-state index in [-0.39, 0.29) is 0 Å². The van der Waals surface area contributed by atoms with E-state index in [9.17, 15) is 0 Å². The Morgan fingerprint density at radius 3 is 1.49 bits per heavy atom.